The van der Waals surface area contributed by atoms with E-state index in [9.17, 15) is 4.79 Å². The zero-order valence-corrected chi connectivity index (χ0v) is 11.3. The second-order valence-electron chi connectivity index (χ2n) is 3.84. The molecule has 1 aliphatic rings. The highest BCUT2D eigenvalue weighted by molar-refractivity contribution is 5.72. The summed E-state index contributed by atoms with van der Waals surface area (Å²) in [7, 11) is 1.55. The highest BCUT2D eigenvalue weighted by Gasteiger charge is 2.38. The van der Waals surface area contributed by atoms with Crippen LogP contribution in [0.15, 0.2) is 0 Å². The lowest BCUT2D eigenvalue weighted by Gasteiger charge is -2.32. The highest BCUT2D eigenvalue weighted by atomic mass is 16.5. The summed E-state index contributed by atoms with van der Waals surface area (Å²) in [6.07, 6.45) is 2.59. The molecule has 1 aliphatic carbocycles. The molecule has 0 aliphatic heterocycles. The van der Waals surface area contributed by atoms with Gasteiger partial charge in [0.05, 0.1) is 18.6 Å². The van der Waals surface area contributed by atoms with Crippen molar-refractivity contribution in [3.05, 3.63) is 0 Å². The maximum atomic E-state index is 11.4. The molecular weight excluding hydrogens is 230 g/mol. The first-order chi connectivity index (χ1) is 8.17. The average Bonchev–Trinajstić information content (AvgIpc) is 2.41. The third-order valence-corrected chi connectivity index (χ3v) is 3.01. The molecule has 1 rings (SSSR count). The van der Waals surface area contributed by atoms with E-state index in [0.717, 1.165) is 0 Å². The van der Waals surface area contributed by atoms with E-state index in [1.807, 2.05) is 13.8 Å². The molecule has 0 bridgehead atoms. The number of carbonyl (C=O) groups excluding carboxylic acids is 1. The minimum atomic E-state index is -0.678. The summed E-state index contributed by atoms with van der Waals surface area (Å²) >= 11 is 0. The van der Waals surface area contributed by atoms with Gasteiger partial charge in [-0.2, -0.15) is 5.26 Å². The molecule has 4 nitrogen and oxygen atoms in total. The number of methoxy groups -OCH3 is 1. The van der Waals surface area contributed by atoms with Crippen LogP contribution in [-0.2, 0) is 14.3 Å². The van der Waals surface area contributed by atoms with Crippen LogP contribution in [0.25, 0.3) is 0 Å². The molecule has 106 valence electrons. The molecule has 0 spiro atoms. The molecule has 0 heterocycles. The monoisotopic (exact) mass is 257 g/mol. The summed E-state index contributed by atoms with van der Waals surface area (Å²) in [5.74, 6) is -0.193. The predicted octanol–water partition coefficient (Wildman–Crippen LogP) is 3.31. The minimum Gasteiger partial charge on any atom is -0.466 e. The summed E-state index contributed by atoms with van der Waals surface area (Å²) in [6, 6.07) is 2.18. The Kier molecular flexibility index (Phi) is 10.6. The maximum Gasteiger partial charge on any atom is 0.308 e. The number of nitrogens with zero attached hydrogens (tertiary/aromatic N) is 1. The molecule has 0 N–H and O–H groups in total. The van der Waals surface area contributed by atoms with Crippen molar-refractivity contribution in [2.45, 2.75) is 59.5 Å². The third kappa shape index (κ3) is 5.05. The molecular formula is C14H27NO3. The Bertz CT molecular complexity index is 263. The van der Waals surface area contributed by atoms with Gasteiger partial charge in [0.2, 0.25) is 0 Å². The third-order valence-electron chi connectivity index (χ3n) is 3.01. The Labute approximate surface area is 111 Å². The van der Waals surface area contributed by atoms with Crippen molar-refractivity contribution in [3.63, 3.8) is 0 Å². The van der Waals surface area contributed by atoms with Gasteiger partial charge in [0.25, 0.3) is 0 Å². The van der Waals surface area contributed by atoms with Gasteiger partial charge in [0.1, 0.15) is 0 Å². The molecule has 1 fully saturated rings. The molecule has 1 saturated carbocycles. The lowest BCUT2D eigenvalue weighted by molar-refractivity contribution is -0.150. The molecule has 0 amide bonds. The summed E-state index contributed by atoms with van der Waals surface area (Å²) in [6.45, 7) is 6.22. The lowest BCUT2D eigenvalue weighted by atomic mass is 9.79. The topological polar surface area (TPSA) is 59.3 Å². The van der Waals surface area contributed by atoms with Crippen LogP contribution < -0.4 is 0 Å². The summed E-state index contributed by atoms with van der Waals surface area (Å²) in [4.78, 5) is 11.4. The molecule has 0 aromatic rings. The smallest absolute Gasteiger partial charge is 0.308 e. The molecule has 0 radical (unpaired) electrons. The van der Waals surface area contributed by atoms with E-state index in [2.05, 4.69) is 6.07 Å². The van der Waals surface area contributed by atoms with Crippen molar-refractivity contribution >= 4 is 5.97 Å². The first-order valence-corrected chi connectivity index (χ1v) is 6.30. The van der Waals surface area contributed by atoms with E-state index < -0.39 is 5.60 Å². The number of rotatable bonds is 3. The van der Waals surface area contributed by atoms with E-state index in [-0.39, 0.29) is 19.3 Å². The van der Waals surface area contributed by atoms with E-state index in [4.69, 9.17) is 14.7 Å². The average molecular weight is 257 g/mol. The van der Waals surface area contributed by atoms with Crippen molar-refractivity contribution < 1.29 is 14.3 Å². The van der Waals surface area contributed by atoms with E-state index in [1.54, 1.807) is 14.0 Å². The zero-order chi connectivity index (χ0) is 13.3. The number of esters is 1. The first-order valence-electron chi connectivity index (χ1n) is 6.30. The summed E-state index contributed by atoms with van der Waals surface area (Å²) in [5.41, 5.74) is -0.678. The normalized spacial score (nSPS) is 25.8. The number of hydrogen-bond acceptors (Lipinski definition) is 4. The Morgan fingerprint density at radius 3 is 2.22 bits per heavy atom. The van der Waals surface area contributed by atoms with Crippen molar-refractivity contribution in [1.29, 1.82) is 5.26 Å². The molecule has 0 unspecified atom stereocenters. The van der Waals surface area contributed by atoms with Gasteiger partial charge < -0.3 is 9.47 Å². The first kappa shape index (κ1) is 19.3. The largest absolute Gasteiger partial charge is 0.466 e. The fourth-order valence-electron chi connectivity index (χ4n) is 1.94. The molecule has 0 atom stereocenters. The number of carbonyl (C=O) groups is 1. The van der Waals surface area contributed by atoms with Gasteiger partial charge in [-0.05, 0) is 32.6 Å². The number of hydrogen-bond donors (Lipinski definition) is 0. The van der Waals surface area contributed by atoms with Crippen LogP contribution in [0.5, 0.6) is 0 Å². The van der Waals surface area contributed by atoms with Crippen LogP contribution in [0.2, 0.25) is 0 Å². The van der Waals surface area contributed by atoms with E-state index >= 15 is 0 Å². The molecule has 4 heteroatoms. The molecule has 18 heavy (non-hydrogen) atoms. The van der Waals surface area contributed by atoms with Crippen molar-refractivity contribution in [2.24, 2.45) is 5.92 Å². The van der Waals surface area contributed by atoms with Crippen molar-refractivity contribution in [3.8, 4) is 6.07 Å². The van der Waals surface area contributed by atoms with Gasteiger partial charge in [-0.25, -0.2) is 0 Å². The second-order valence-corrected chi connectivity index (χ2v) is 3.84. The van der Waals surface area contributed by atoms with Crippen LogP contribution in [0.4, 0.5) is 0 Å². The van der Waals surface area contributed by atoms with Gasteiger partial charge in [0, 0.05) is 7.11 Å². The van der Waals surface area contributed by atoms with Gasteiger partial charge in [-0.15, -0.1) is 0 Å². The summed E-state index contributed by atoms with van der Waals surface area (Å²) < 4.78 is 10.2. The Balaban J connectivity index is 0. The minimum absolute atomic E-state index is 0. The number of ether oxygens (including phenoxy) is 2. The SMILES string of the molecule is C.CC.CCOC(=O)C1CCC(C#N)(OC)CC1. The van der Waals surface area contributed by atoms with Crippen LogP contribution in [0, 0.1) is 17.2 Å². The fourth-order valence-corrected chi connectivity index (χ4v) is 1.94. The number of nitriles is 1. The van der Waals surface area contributed by atoms with Crippen LogP contribution >= 0.6 is 0 Å². The van der Waals surface area contributed by atoms with E-state index in [1.165, 1.54) is 0 Å². The second kappa shape index (κ2) is 9.90. The Morgan fingerprint density at radius 2 is 1.89 bits per heavy atom. The van der Waals surface area contributed by atoms with Gasteiger partial charge in [-0.1, -0.05) is 21.3 Å². The quantitative estimate of drug-likeness (QED) is 0.728. The highest BCUT2D eigenvalue weighted by Crippen LogP contribution is 2.34. The zero-order valence-electron chi connectivity index (χ0n) is 11.3. The maximum absolute atomic E-state index is 11.4. The van der Waals surface area contributed by atoms with Gasteiger partial charge in [-0.3, -0.25) is 4.79 Å². The Hall–Kier alpha value is -1.08. The molecule has 0 aromatic carbocycles. The van der Waals surface area contributed by atoms with Crippen LogP contribution in [0.3, 0.4) is 0 Å². The van der Waals surface area contributed by atoms with Crippen molar-refractivity contribution in [1.82, 2.24) is 0 Å². The molecule has 0 aromatic heterocycles. The van der Waals surface area contributed by atoms with Crippen molar-refractivity contribution in [2.75, 3.05) is 13.7 Å². The fraction of sp³-hybridized carbons (Fsp3) is 0.857. The summed E-state index contributed by atoms with van der Waals surface area (Å²) in [5, 5.41) is 8.98. The van der Waals surface area contributed by atoms with Crippen LogP contribution in [-0.4, -0.2) is 25.3 Å². The predicted molar refractivity (Wildman–Crippen MR) is 72.0 cm³/mol. The van der Waals surface area contributed by atoms with Gasteiger partial charge in [0.15, 0.2) is 5.60 Å². The lowest BCUT2D eigenvalue weighted by Crippen LogP contribution is -2.37. The van der Waals surface area contributed by atoms with Crippen LogP contribution in [0.1, 0.15) is 53.9 Å². The Morgan fingerprint density at radius 1 is 1.39 bits per heavy atom. The van der Waals surface area contributed by atoms with Gasteiger partial charge >= 0.3 is 5.97 Å². The standard InChI is InChI=1S/C11H17NO3.C2H6.CH4/c1-3-15-10(13)9-4-6-11(8-12,14-2)7-5-9;1-2;/h9H,3-7H2,1-2H3;1-2H3;1H4. The van der Waals surface area contributed by atoms with E-state index in [0.29, 0.717) is 32.3 Å². The molecule has 0 saturated heterocycles.